The Balaban J connectivity index is 0.000000244. The Morgan fingerprint density at radius 1 is 0.704 bits per heavy atom. The summed E-state index contributed by atoms with van der Waals surface area (Å²) < 4.78 is 11.7. The predicted octanol–water partition coefficient (Wildman–Crippen LogP) is -10.1. The molecule has 0 amide bonds. The van der Waals surface area contributed by atoms with E-state index in [1.54, 1.807) is 7.11 Å². The van der Waals surface area contributed by atoms with Crippen molar-refractivity contribution >= 4 is 219 Å². The van der Waals surface area contributed by atoms with E-state index in [1.807, 2.05) is 13.0 Å². The Morgan fingerprint density at radius 2 is 1.11 bits per heavy atom. The molecule has 5 atom stereocenters. The van der Waals surface area contributed by atoms with Crippen LogP contribution in [0.5, 0.6) is 11.5 Å². The Morgan fingerprint density at radius 3 is 1.48 bits per heavy atom. The number of likely N-dealkylation sites (tertiary alicyclic amines) is 1. The molecule has 54 heavy (non-hydrogen) atoms. The van der Waals surface area contributed by atoms with Crippen LogP contribution in [0, 0.1) is 5.92 Å². The molecule has 2 heterocycles. The number of hydrogen-bond acceptors (Lipinski definition) is 5. The fourth-order valence-electron chi connectivity index (χ4n) is 10.7. The Kier molecular flexibility index (Phi) is 16.0. The van der Waals surface area contributed by atoms with Crippen molar-refractivity contribution in [3.8, 4) is 11.5 Å². The van der Waals surface area contributed by atoms with Crippen molar-refractivity contribution in [2.24, 2.45) is 5.92 Å². The molecule has 1 N–H and O–H groups in total. The number of Topliss-reactive ketones (excluding diaryl/α,β-unsaturated/α-hetero) is 1. The molecule has 1 spiro atoms. The van der Waals surface area contributed by atoms with Gasteiger partial charge in [-0.3, -0.25) is 4.79 Å². The molecule has 2 aliphatic carbocycles. The summed E-state index contributed by atoms with van der Waals surface area (Å²) in [6.45, 7) is 2.88. The highest BCUT2D eigenvalue weighted by molar-refractivity contribution is 8.27. The molecule has 32 radical (unpaired) electrons. The highest BCUT2D eigenvalue weighted by Gasteiger charge is 2.74. The van der Waals surface area contributed by atoms with Crippen molar-refractivity contribution in [1.29, 1.82) is 0 Å². The number of carbonyl (C=O) groups excluding carboxylic acids is 1. The minimum absolute atomic E-state index is 0.0206. The van der Waals surface area contributed by atoms with E-state index in [2.05, 4.69) is 18.0 Å². The van der Waals surface area contributed by atoms with E-state index in [-0.39, 0.29) is 17.7 Å². The van der Waals surface area contributed by atoms with Gasteiger partial charge in [0.1, 0.15) is 0 Å². The molecule has 5 rings (SSSR count). The molecule has 4 aliphatic rings. The first-order chi connectivity index (χ1) is 25.0. The van der Waals surface area contributed by atoms with Crippen LogP contribution in [0.2, 0.25) is 0 Å². The topological polar surface area (TPSA) is 59.0 Å². The van der Waals surface area contributed by atoms with Crippen LogP contribution in [0.4, 0.5) is 0 Å². The summed E-state index contributed by atoms with van der Waals surface area (Å²) in [6.07, 6.45) is -12.4. The Bertz CT molecular complexity index is 1340. The first-order valence-electron chi connectivity index (χ1n) is 18.4. The zero-order valence-electron chi connectivity index (χ0n) is 31.7. The fraction of sp³-hybridized carbons (Fsp3) is 0.632. The number of hydrogen-bond donors (Lipinski definition) is 1. The summed E-state index contributed by atoms with van der Waals surface area (Å²) in [5, 5.41) is 12.0. The van der Waals surface area contributed by atoms with Gasteiger partial charge in [0.25, 0.3) is 0 Å². The zero-order chi connectivity index (χ0) is 40.9. The molecule has 1 aromatic carbocycles. The molecule has 1 saturated carbocycles. The highest BCUT2D eigenvalue weighted by Crippen LogP contribution is 2.65. The van der Waals surface area contributed by atoms with Crippen molar-refractivity contribution < 1.29 is 19.4 Å². The van der Waals surface area contributed by atoms with Crippen LogP contribution in [0.15, 0.2) is 12.1 Å². The van der Waals surface area contributed by atoms with Gasteiger partial charge < -0.3 is 19.5 Å². The lowest BCUT2D eigenvalue weighted by Gasteiger charge is -2.64. The third-order valence-corrected chi connectivity index (χ3v) is 12.9. The second-order valence-corrected chi connectivity index (χ2v) is 16.0. The fourth-order valence-corrected chi connectivity index (χ4v) is 10.7. The number of likely N-dealkylation sites (N-methyl/N-ethyl adjacent to an activating group) is 1. The zero-order valence-corrected chi connectivity index (χ0v) is 31.7. The second kappa shape index (κ2) is 18.3. The molecule has 218 valence electrons. The normalized spacial score (nSPS) is 24.1. The van der Waals surface area contributed by atoms with Gasteiger partial charge in [0, 0.05) is 231 Å². The highest BCUT2D eigenvalue weighted by atomic mass is 16.5. The number of benzene rings is 1. The number of piperidine rings is 1. The Hall–Kier alpha value is 0.358. The molecule has 2 bridgehead atoms. The number of aliphatic hydroxyl groups is 1. The molecule has 2 aliphatic heterocycles. The lowest BCUT2D eigenvalue weighted by molar-refractivity contribution is -0.205. The third kappa shape index (κ3) is 8.13. The van der Waals surface area contributed by atoms with Crippen LogP contribution in [0.25, 0.3) is 0 Å². The van der Waals surface area contributed by atoms with E-state index in [0.717, 1.165) is 24.9 Å². The summed E-state index contributed by atoms with van der Waals surface area (Å²) >= 11 is 0. The van der Waals surface area contributed by atoms with Gasteiger partial charge in [-0.1, -0.05) is 13.0 Å². The number of methoxy groups -OCH3 is 1. The Labute approximate surface area is 352 Å². The third-order valence-electron chi connectivity index (χ3n) is 12.9. The van der Waals surface area contributed by atoms with Gasteiger partial charge in [-0.15, -0.1) is 0 Å². The minimum Gasteiger partial charge on any atom is -0.493 e. The average molecular weight is 654 g/mol. The second-order valence-electron chi connectivity index (χ2n) is 16.0. The number of ether oxygens (including phenoxy) is 2. The van der Waals surface area contributed by atoms with Crippen LogP contribution in [0.3, 0.4) is 0 Å². The van der Waals surface area contributed by atoms with Gasteiger partial charge in [0.05, 0.1) is 18.1 Å². The van der Waals surface area contributed by atoms with Crippen LogP contribution in [-0.2, 0) is 16.6 Å². The molecule has 0 aromatic heterocycles. The smallest absolute Gasteiger partial charge is 0.174 e. The first kappa shape index (κ1) is 47.0. The molecule has 1 aromatic rings. The number of rotatable bonds is 14. The van der Waals surface area contributed by atoms with Gasteiger partial charge in [-0.25, -0.2) is 0 Å². The van der Waals surface area contributed by atoms with Crippen LogP contribution >= 0.6 is 0 Å². The minimum atomic E-state index is -1.07. The quantitative estimate of drug-likeness (QED) is 0.203. The molecule has 35 heteroatoms. The molecular formula is C19H23B30NO4. The molecular weight excluding hydrogens is 631 g/mol. The van der Waals surface area contributed by atoms with Crippen molar-refractivity contribution in [3.05, 3.63) is 23.3 Å². The first-order valence-corrected chi connectivity index (χ1v) is 18.4. The monoisotopic (exact) mass is 659 g/mol. The summed E-state index contributed by atoms with van der Waals surface area (Å²) in [4.78, 5) is 15.1. The van der Waals surface area contributed by atoms with Crippen LogP contribution in [0.1, 0.15) is 30.9 Å². The number of ketones is 1. The van der Waals surface area contributed by atoms with Crippen molar-refractivity contribution in [2.75, 3.05) is 20.7 Å². The van der Waals surface area contributed by atoms with Gasteiger partial charge in [-0.2, -0.15) is 0 Å². The molecule has 5 nitrogen and oxygen atoms in total. The predicted molar refractivity (Wildman–Crippen MR) is 260 cm³/mol. The summed E-state index contributed by atoms with van der Waals surface area (Å²) in [6, 6.07) is 4.03. The maximum Gasteiger partial charge on any atom is 0.174 e. The van der Waals surface area contributed by atoms with Crippen LogP contribution in [-0.4, -0.2) is 267 Å². The summed E-state index contributed by atoms with van der Waals surface area (Å²) in [5.74, 6) is 1.38. The SMILES string of the molecule is COc1ccc2c3c1O[C@H]1C(=O)CC(C)[C@@]4(O)C(C2)N(C)CCC314.[B]B([B])B(B([B])[B])B(B(B([B])[B])B([B])[B])B(B(B([B])[B])B([B])[B])B(B([B])[B])B([B])[B]. The number of nitrogens with zero attached hydrogens (tertiary/aromatic N) is 1. The van der Waals surface area contributed by atoms with E-state index in [4.69, 9.17) is 133 Å². The molecule has 2 fully saturated rings. The van der Waals surface area contributed by atoms with Gasteiger partial charge >= 0.3 is 0 Å². The lowest BCUT2D eigenvalue weighted by atomic mass is 8.31. The van der Waals surface area contributed by atoms with Crippen molar-refractivity contribution in [3.63, 3.8) is 0 Å². The van der Waals surface area contributed by atoms with Gasteiger partial charge in [0.2, 0.25) is 0 Å². The van der Waals surface area contributed by atoms with E-state index < -0.39 is 107 Å². The summed E-state index contributed by atoms with van der Waals surface area (Å²) in [5.41, 5.74) is 0.662. The van der Waals surface area contributed by atoms with Crippen molar-refractivity contribution in [2.45, 2.75) is 49.3 Å². The van der Waals surface area contributed by atoms with Gasteiger partial charge in [0.15, 0.2) is 23.4 Å². The van der Waals surface area contributed by atoms with E-state index in [9.17, 15) is 9.90 Å². The van der Waals surface area contributed by atoms with E-state index in [1.165, 1.54) is 5.56 Å². The largest absolute Gasteiger partial charge is 0.493 e. The van der Waals surface area contributed by atoms with Crippen molar-refractivity contribution in [1.82, 2.24) is 4.90 Å². The maximum atomic E-state index is 12.9. The summed E-state index contributed by atoms with van der Waals surface area (Å²) in [7, 11) is 100. The maximum absolute atomic E-state index is 12.9. The van der Waals surface area contributed by atoms with E-state index >= 15 is 0 Å². The average Bonchev–Trinajstić information content (AvgIpc) is 3.39. The molecule has 1 saturated heterocycles. The lowest BCUT2D eigenvalue weighted by Crippen LogP contribution is -2.88. The standard InChI is InChI=1S/C19H23NO4.B30/c1-10-8-12(21)17-18-6-7-20(2)14(19(10,18)22)9-11-4-5-13(23-3)16(24-17)15(11)18;1-17(2)25(18(3)4)29(26(19(5)6)20(7)8)30(27(21(9)10)22(11)12)28(23(13)14)24(15)16/h4-5,10,14,17,22H,6-9H2,1-3H3;/t10?,14?,17-,18?,19+;/m0./s1. The van der Waals surface area contributed by atoms with Crippen LogP contribution < -0.4 is 9.47 Å². The number of carbonyl (C=O) groups is 1. The van der Waals surface area contributed by atoms with E-state index in [0.29, 0.717) is 17.9 Å². The van der Waals surface area contributed by atoms with Gasteiger partial charge in [-0.05, 0) is 44.0 Å². The molecule has 3 unspecified atom stereocenters.